The predicted molar refractivity (Wildman–Crippen MR) is 356 cm³/mol. The van der Waals surface area contributed by atoms with E-state index in [1.165, 1.54) is 30.0 Å². The molecule has 5 N–H and O–H groups in total. The van der Waals surface area contributed by atoms with Crippen LogP contribution in [0.3, 0.4) is 0 Å². The Morgan fingerprint density at radius 3 is 1.28 bits per heavy atom. The molecule has 0 fully saturated rings. The molecular weight excluding hydrogens is 1240 g/mol. The van der Waals surface area contributed by atoms with Crippen LogP contribution in [0.15, 0.2) is 145 Å². The number of rotatable bonds is 16. The van der Waals surface area contributed by atoms with E-state index in [2.05, 4.69) is 70.5 Å². The zero-order valence-electron chi connectivity index (χ0n) is 52.8. The summed E-state index contributed by atoms with van der Waals surface area (Å²) in [4.78, 5) is 39.1. The molecule has 3 aliphatic heterocycles. The highest BCUT2D eigenvalue weighted by atomic mass is 32.2. The van der Waals surface area contributed by atoms with E-state index in [-0.39, 0.29) is 41.0 Å². The van der Waals surface area contributed by atoms with Crippen molar-refractivity contribution in [3.8, 4) is 50.6 Å². The lowest BCUT2D eigenvalue weighted by molar-refractivity contribution is 0.0696. The van der Waals surface area contributed by atoms with Crippen LogP contribution in [0.25, 0.3) is 50.3 Å². The second-order valence-electron chi connectivity index (χ2n) is 23.4. The number of halogens is 3. The van der Waals surface area contributed by atoms with Crippen LogP contribution in [0.1, 0.15) is 71.9 Å². The van der Waals surface area contributed by atoms with Crippen LogP contribution in [0, 0.1) is 45.1 Å². The molecule has 20 nitrogen and oxygen atoms in total. The molecule has 15 rings (SSSR count). The lowest BCUT2D eigenvalue weighted by atomic mass is 10.0. The number of hydrogen-bond acceptors (Lipinski definition) is 16. The Kier molecular flexibility index (Phi) is 17.4. The van der Waals surface area contributed by atoms with Crippen molar-refractivity contribution in [2.75, 3.05) is 49.1 Å². The van der Waals surface area contributed by atoms with Crippen molar-refractivity contribution >= 4 is 50.6 Å². The number of anilines is 3. The Labute approximate surface area is 544 Å². The SMILES string of the molecule is CNCc1ccc(-c2cnc(NCc3c(F)ccc4c3CCO4)n3cc(C)nc23)cc1.Cc1cn2c(NCc3c(F)ccc4c3CCO4)ncc(-c3ccc(C(=O)O)cc3)c2n1.Cc1cn2c(NCc3c(F)ccc4c3CCO4)ncc(-c3ccc(S(C)(=O)=O)cc3C)c2n1. The normalized spacial score (nSPS) is 12.9. The van der Waals surface area contributed by atoms with Gasteiger partial charge in [-0.2, -0.15) is 0 Å². The van der Waals surface area contributed by atoms with Crippen LogP contribution in [0.5, 0.6) is 17.2 Å². The Morgan fingerprint density at radius 2 is 0.905 bits per heavy atom. The van der Waals surface area contributed by atoms with Crippen LogP contribution < -0.4 is 35.5 Å². The number of imidazole rings is 3. The van der Waals surface area contributed by atoms with Crippen molar-refractivity contribution in [3.63, 3.8) is 0 Å². The van der Waals surface area contributed by atoms with Gasteiger partial charge in [0, 0.05) is 139 Å². The molecule has 6 aromatic heterocycles. The van der Waals surface area contributed by atoms with Gasteiger partial charge in [-0.25, -0.2) is 56.3 Å². The summed E-state index contributed by atoms with van der Waals surface area (Å²) >= 11 is 0. The third-order valence-corrected chi connectivity index (χ3v) is 18.0. The maximum Gasteiger partial charge on any atom is 0.335 e. The van der Waals surface area contributed by atoms with Gasteiger partial charge in [-0.1, -0.05) is 42.5 Å². The number of nitrogens with one attached hydrogen (secondary N) is 4. The largest absolute Gasteiger partial charge is 0.493 e. The number of sulfone groups is 1. The van der Waals surface area contributed by atoms with E-state index in [4.69, 9.17) is 24.3 Å². The Hall–Kier alpha value is -10.9. The number of ether oxygens (including phenoxy) is 3. The standard InChI is InChI=1S/C24H24FN5O.C24H23FN4O3S.C23H19FN4O3/c1-15-14-30-23(29-15)19(17-5-3-16(4-6-17)11-26-2)12-27-24(30)28-13-20-18-9-10-31-22(18)8-7-21(20)25;1-14-10-16(33(3,30)31)4-5-17(14)20-12-27-24(29-13-15(2)28-23(20)29)26-11-19-18-8-9-32-22(18)7-6-21(19)25;1-13-12-28-21(27-13)17(14-2-4-15(5-3-14)22(29)30)10-25-23(28)26-11-18-16-8-9-31-20(16)7-6-19(18)24/h3-8,12,14,26H,9-11,13H2,1-2H3,(H,27,28);4-7,10,12-13H,8-9,11H2,1-3H3,(H,26,27);2-7,10,12H,8-9,11H2,1H3,(H,25,26)(H,29,30). The summed E-state index contributed by atoms with van der Waals surface area (Å²) in [6, 6.07) is 29.3. The van der Waals surface area contributed by atoms with E-state index in [0.717, 1.165) is 109 Å². The van der Waals surface area contributed by atoms with E-state index >= 15 is 0 Å². The molecule has 0 aliphatic carbocycles. The van der Waals surface area contributed by atoms with Gasteiger partial charge in [0.25, 0.3) is 0 Å². The molecule has 0 unspecified atom stereocenters. The van der Waals surface area contributed by atoms with Gasteiger partial charge >= 0.3 is 5.97 Å². The van der Waals surface area contributed by atoms with E-state index < -0.39 is 15.8 Å². The first-order valence-corrected chi connectivity index (χ1v) is 32.7. The summed E-state index contributed by atoms with van der Waals surface area (Å²) in [6.45, 7) is 11.0. The average molecular weight is 1300 g/mol. The van der Waals surface area contributed by atoms with Crippen LogP contribution >= 0.6 is 0 Å². The number of hydrogen-bond donors (Lipinski definition) is 5. The summed E-state index contributed by atoms with van der Waals surface area (Å²) in [5.74, 6) is 2.18. The van der Waals surface area contributed by atoms with E-state index in [1.807, 2.05) is 72.7 Å². The molecule has 3 aliphatic rings. The topological polar surface area (TPSA) is 238 Å². The fraction of sp³-hybridized carbons (Fsp3) is 0.225. The number of nitrogens with zero attached hydrogens (tertiary/aromatic N) is 9. The molecule has 0 radical (unpaired) electrons. The van der Waals surface area contributed by atoms with Gasteiger partial charge in [-0.05, 0) is 123 Å². The van der Waals surface area contributed by atoms with Crippen LogP contribution in [0.2, 0.25) is 0 Å². The van der Waals surface area contributed by atoms with Crippen LogP contribution in [0.4, 0.5) is 31.0 Å². The van der Waals surface area contributed by atoms with Gasteiger partial charge in [0.15, 0.2) is 9.84 Å². The molecule has 95 heavy (non-hydrogen) atoms. The molecule has 6 aromatic carbocycles. The van der Waals surface area contributed by atoms with Crippen molar-refractivity contribution in [2.45, 2.75) is 78.0 Å². The first kappa shape index (κ1) is 62.9. The minimum atomic E-state index is -3.30. The van der Waals surface area contributed by atoms with Gasteiger partial charge in [-0.3, -0.25) is 13.2 Å². The summed E-state index contributed by atoms with van der Waals surface area (Å²) in [5, 5.41) is 22.1. The minimum absolute atomic E-state index is 0.215. The average Bonchev–Trinajstić information content (AvgIpc) is 1.72. The summed E-state index contributed by atoms with van der Waals surface area (Å²) in [5.41, 5.74) is 16.6. The minimum Gasteiger partial charge on any atom is -0.493 e. The number of aromatic carboxylic acids is 1. The molecule has 9 heterocycles. The van der Waals surface area contributed by atoms with Crippen LogP contribution in [-0.2, 0) is 55.3 Å². The zero-order chi connectivity index (χ0) is 66.2. The van der Waals surface area contributed by atoms with Gasteiger partial charge in [0.2, 0.25) is 17.8 Å². The molecule has 0 bridgehead atoms. The molecule has 0 saturated heterocycles. The number of aromatic nitrogens is 9. The summed E-state index contributed by atoms with van der Waals surface area (Å²) in [7, 11) is -1.36. The number of fused-ring (bicyclic) bond motifs is 6. The predicted octanol–water partition coefficient (Wildman–Crippen LogP) is 12.3. The molecule has 12 aromatic rings. The second kappa shape index (κ2) is 26.3. The highest BCUT2D eigenvalue weighted by molar-refractivity contribution is 7.90. The van der Waals surface area contributed by atoms with Crippen LogP contribution in [-0.4, -0.2) is 95.7 Å². The van der Waals surface area contributed by atoms with E-state index in [0.29, 0.717) is 85.0 Å². The second-order valence-corrected chi connectivity index (χ2v) is 25.5. The number of benzene rings is 6. The van der Waals surface area contributed by atoms with Crippen molar-refractivity contribution in [3.05, 3.63) is 225 Å². The molecule has 0 spiro atoms. The quantitative estimate of drug-likeness (QED) is 0.0604. The first-order valence-electron chi connectivity index (χ1n) is 30.8. The lowest BCUT2D eigenvalue weighted by Crippen LogP contribution is -2.10. The maximum atomic E-state index is 14.5. The fourth-order valence-corrected chi connectivity index (χ4v) is 13.0. The summed E-state index contributed by atoms with van der Waals surface area (Å²) in [6.07, 6.45) is 14.2. The van der Waals surface area contributed by atoms with Crippen molar-refractivity contribution in [2.24, 2.45) is 0 Å². The smallest absolute Gasteiger partial charge is 0.335 e. The molecule has 0 saturated carbocycles. The lowest BCUT2D eigenvalue weighted by Gasteiger charge is -2.14. The Morgan fingerprint density at radius 1 is 0.516 bits per heavy atom. The molecular formula is C71H66F3N13O7S. The maximum absolute atomic E-state index is 14.5. The highest BCUT2D eigenvalue weighted by Crippen LogP contribution is 2.36. The Balaban J connectivity index is 0.000000129. The van der Waals surface area contributed by atoms with E-state index in [1.54, 1.807) is 73.1 Å². The zero-order valence-corrected chi connectivity index (χ0v) is 53.6. The molecule has 0 atom stereocenters. The number of aryl methyl sites for hydroxylation is 4. The van der Waals surface area contributed by atoms with E-state index in [9.17, 15) is 26.4 Å². The Bertz CT molecular complexity index is 5080. The van der Waals surface area contributed by atoms with Gasteiger partial charge in [-0.15, -0.1) is 0 Å². The summed E-state index contributed by atoms with van der Waals surface area (Å²) < 4.78 is 89.6. The molecule has 484 valence electrons. The van der Waals surface area contributed by atoms with Crippen molar-refractivity contribution in [1.82, 2.24) is 48.4 Å². The number of carbonyl (C=O) groups is 1. The van der Waals surface area contributed by atoms with Gasteiger partial charge in [0.05, 0.1) is 47.4 Å². The highest BCUT2D eigenvalue weighted by Gasteiger charge is 2.25. The number of carboxylic acid groups (broad SMARTS) is 1. The number of carboxylic acids is 1. The monoisotopic (exact) mass is 1300 g/mol. The molecule has 0 amide bonds. The van der Waals surface area contributed by atoms with Gasteiger partial charge in [0.1, 0.15) is 51.6 Å². The first-order chi connectivity index (χ1) is 45.9. The third kappa shape index (κ3) is 12.9. The third-order valence-electron chi connectivity index (χ3n) is 16.9. The van der Waals surface area contributed by atoms with Crippen molar-refractivity contribution in [1.29, 1.82) is 0 Å². The van der Waals surface area contributed by atoms with Gasteiger partial charge < -0.3 is 40.6 Å². The molecule has 24 heteroatoms. The fourth-order valence-electron chi connectivity index (χ4n) is 12.3. The van der Waals surface area contributed by atoms with Crippen molar-refractivity contribution < 1.29 is 45.7 Å².